The Balaban J connectivity index is 1.92. The molecule has 0 bridgehead atoms. The maximum Gasteiger partial charge on any atom is 0.321 e. The van der Waals surface area contributed by atoms with Gasteiger partial charge in [0.2, 0.25) is 0 Å². The Hall–Kier alpha value is -1.75. The largest absolute Gasteiger partial charge is 0.497 e. The standard InChI is InChI=1S/C16H25N3O2/c1-4-17-15-8-9-19(11-12(15)2)16(20)18-13-6-5-7-14(10-13)21-3/h5-7,10,12,15,17H,4,8-9,11H2,1-3H3,(H,18,20). The zero-order valence-electron chi connectivity index (χ0n) is 13.1. The predicted octanol–water partition coefficient (Wildman–Crippen LogP) is 2.55. The molecule has 1 fully saturated rings. The number of nitrogens with one attached hydrogen (secondary N) is 2. The molecule has 1 aliphatic rings. The first-order valence-electron chi connectivity index (χ1n) is 7.57. The van der Waals surface area contributed by atoms with Gasteiger partial charge >= 0.3 is 6.03 Å². The Kier molecular flexibility index (Phi) is 5.44. The summed E-state index contributed by atoms with van der Waals surface area (Å²) in [7, 11) is 1.62. The average molecular weight is 291 g/mol. The van der Waals surface area contributed by atoms with Gasteiger partial charge in [0.1, 0.15) is 5.75 Å². The summed E-state index contributed by atoms with van der Waals surface area (Å²) in [5.41, 5.74) is 0.765. The van der Waals surface area contributed by atoms with E-state index in [1.807, 2.05) is 29.2 Å². The van der Waals surface area contributed by atoms with Crippen molar-refractivity contribution in [3.63, 3.8) is 0 Å². The number of hydrogen-bond donors (Lipinski definition) is 2. The van der Waals surface area contributed by atoms with Crippen molar-refractivity contribution in [1.29, 1.82) is 0 Å². The molecule has 0 radical (unpaired) electrons. The summed E-state index contributed by atoms with van der Waals surface area (Å²) in [6.45, 7) is 6.86. The lowest BCUT2D eigenvalue weighted by Gasteiger charge is -2.37. The van der Waals surface area contributed by atoms with Crippen molar-refractivity contribution < 1.29 is 9.53 Å². The molecule has 1 aromatic rings. The van der Waals surface area contributed by atoms with E-state index in [0.29, 0.717) is 12.0 Å². The Bertz CT molecular complexity index is 478. The van der Waals surface area contributed by atoms with Crippen LogP contribution in [0.5, 0.6) is 5.75 Å². The summed E-state index contributed by atoms with van der Waals surface area (Å²) in [6, 6.07) is 7.90. The molecule has 2 amide bonds. The van der Waals surface area contributed by atoms with E-state index < -0.39 is 0 Å². The van der Waals surface area contributed by atoms with E-state index in [1.165, 1.54) is 0 Å². The molecule has 21 heavy (non-hydrogen) atoms. The second-order valence-electron chi connectivity index (χ2n) is 5.54. The number of urea groups is 1. The van der Waals surface area contributed by atoms with Crippen LogP contribution in [0.1, 0.15) is 20.3 Å². The van der Waals surface area contributed by atoms with Crippen LogP contribution in [0.15, 0.2) is 24.3 Å². The van der Waals surface area contributed by atoms with Crippen molar-refractivity contribution in [3.8, 4) is 5.75 Å². The summed E-state index contributed by atoms with van der Waals surface area (Å²) >= 11 is 0. The number of piperidine rings is 1. The molecule has 2 rings (SSSR count). The molecule has 0 aliphatic carbocycles. The van der Waals surface area contributed by atoms with Crippen LogP contribution in [0.25, 0.3) is 0 Å². The number of ether oxygens (including phenoxy) is 1. The number of benzene rings is 1. The number of amides is 2. The molecule has 0 aromatic heterocycles. The molecule has 1 saturated heterocycles. The second-order valence-corrected chi connectivity index (χ2v) is 5.54. The lowest BCUT2D eigenvalue weighted by molar-refractivity contribution is 0.161. The lowest BCUT2D eigenvalue weighted by atomic mass is 9.94. The van der Waals surface area contributed by atoms with Crippen LogP contribution in [-0.2, 0) is 0 Å². The summed E-state index contributed by atoms with van der Waals surface area (Å²) < 4.78 is 5.17. The average Bonchev–Trinajstić information content (AvgIpc) is 2.49. The van der Waals surface area contributed by atoms with E-state index in [0.717, 1.165) is 37.5 Å². The maximum absolute atomic E-state index is 12.3. The summed E-state index contributed by atoms with van der Waals surface area (Å²) in [5, 5.41) is 6.42. The molecule has 0 saturated carbocycles. The van der Waals surface area contributed by atoms with E-state index in [1.54, 1.807) is 7.11 Å². The third kappa shape index (κ3) is 4.11. The van der Waals surface area contributed by atoms with Crippen LogP contribution >= 0.6 is 0 Å². The van der Waals surface area contributed by atoms with Crippen molar-refractivity contribution in [2.45, 2.75) is 26.3 Å². The Labute approximate surface area is 126 Å². The monoisotopic (exact) mass is 291 g/mol. The van der Waals surface area contributed by atoms with Gasteiger partial charge < -0.3 is 20.3 Å². The summed E-state index contributed by atoms with van der Waals surface area (Å²) in [6.07, 6.45) is 1.00. The van der Waals surface area contributed by atoms with E-state index in [-0.39, 0.29) is 6.03 Å². The molecule has 0 spiro atoms. The molecule has 1 heterocycles. The van der Waals surface area contributed by atoms with Gasteiger partial charge in [-0.3, -0.25) is 0 Å². The highest BCUT2D eigenvalue weighted by atomic mass is 16.5. The number of carbonyl (C=O) groups excluding carboxylic acids is 1. The second kappa shape index (κ2) is 7.31. The Morgan fingerprint density at radius 1 is 1.48 bits per heavy atom. The fraction of sp³-hybridized carbons (Fsp3) is 0.562. The van der Waals surface area contributed by atoms with Gasteiger partial charge in [0.15, 0.2) is 0 Å². The van der Waals surface area contributed by atoms with Crippen LogP contribution in [0.2, 0.25) is 0 Å². The fourth-order valence-electron chi connectivity index (χ4n) is 2.80. The molecule has 1 aliphatic heterocycles. The van der Waals surface area contributed by atoms with Gasteiger partial charge in [0, 0.05) is 30.9 Å². The first-order chi connectivity index (χ1) is 10.1. The molecule has 2 N–H and O–H groups in total. The van der Waals surface area contributed by atoms with Gasteiger partial charge in [-0.05, 0) is 31.0 Å². The number of anilines is 1. The molecule has 1 aromatic carbocycles. The number of rotatable bonds is 4. The number of methoxy groups -OCH3 is 1. The summed E-state index contributed by atoms with van der Waals surface area (Å²) in [4.78, 5) is 14.2. The highest BCUT2D eigenvalue weighted by Crippen LogP contribution is 2.20. The zero-order valence-corrected chi connectivity index (χ0v) is 13.1. The van der Waals surface area contributed by atoms with E-state index in [9.17, 15) is 4.79 Å². The highest BCUT2D eigenvalue weighted by molar-refractivity contribution is 5.89. The predicted molar refractivity (Wildman–Crippen MR) is 84.8 cm³/mol. The van der Waals surface area contributed by atoms with Crippen LogP contribution in [0.4, 0.5) is 10.5 Å². The van der Waals surface area contributed by atoms with E-state index >= 15 is 0 Å². The number of nitrogens with zero attached hydrogens (tertiary/aromatic N) is 1. The Morgan fingerprint density at radius 3 is 2.95 bits per heavy atom. The normalized spacial score (nSPS) is 22.0. The first kappa shape index (κ1) is 15.6. The van der Waals surface area contributed by atoms with Gasteiger partial charge in [0.05, 0.1) is 7.11 Å². The molecular formula is C16H25N3O2. The van der Waals surface area contributed by atoms with Gasteiger partial charge in [-0.25, -0.2) is 4.79 Å². The maximum atomic E-state index is 12.3. The molecule has 5 nitrogen and oxygen atoms in total. The third-order valence-electron chi connectivity index (χ3n) is 3.98. The van der Waals surface area contributed by atoms with E-state index in [2.05, 4.69) is 24.5 Å². The molecule has 116 valence electrons. The van der Waals surface area contributed by atoms with Gasteiger partial charge in [-0.15, -0.1) is 0 Å². The van der Waals surface area contributed by atoms with E-state index in [4.69, 9.17) is 4.74 Å². The molecular weight excluding hydrogens is 266 g/mol. The van der Waals surface area contributed by atoms with Crippen molar-refractivity contribution in [2.24, 2.45) is 5.92 Å². The number of hydrogen-bond acceptors (Lipinski definition) is 3. The van der Waals surface area contributed by atoms with Gasteiger partial charge in [-0.2, -0.15) is 0 Å². The minimum atomic E-state index is -0.0370. The number of likely N-dealkylation sites (tertiary alicyclic amines) is 1. The van der Waals surface area contributed by atoms with Crippen LogP contribution < -0.4 is 15.4 Å². The van der Waals surface area contributed by atoms with Crippen LogP contribution in [0, 0.1) is 5.92 Å². The lowest BCUT2D eigenvalue weighted by Crippen LogP contribution is -2.51. The molecule has 5 heteroatoms. The Morgan fingerprint density at radius 2 is 2.29 bits per heavy atom. The van der Waals surface area contributed by atoms with Crippen LogP contribution in [0.3, 0.4) is 0 Å². The first-order valence-corrected chi connectivity index (χ1v) is 7.57. The van der Waals surface area contributed by atoms with Crippen molar-refractivity contribution in [1.82, 2.24) is 10.2 Å². The quantitative estimate of drug-likeness (QED) is 0.896. The SMILES string of the molecule is CCNC1CCN(C(=O)Nc2cccc(OC)c2)CC1C. The van der Waals surface area contributed by atoms with Crippen LogP contribution in [-0.4, -0.2) is 43.7 Å². The third-order valence-corrected chi connectivity index (χ3v) is 3.98. The molecule has 2 atom stereocenters. The summed E-state index contributed by atoms with van der Waals surface area (Å²) in [5.74, 6) is 1.21. The van der Waals surface area contributed by atoms with Gasteiger partial charge in [0.25, 0.3) is 0 Å². The number of carbonyl (C=O) groups is 1. The van der Waals surface area contributed by atoms with Crippen molar-refractivity contribution >= 4 is 11.7 Å². The smallest absolute Gasteiger partial charge is 0.321 e. The minimum absolute atomic E-state index is 0.0370. The van der Waals surface area contributed by atoms with Gasteiger partial charge in [-0.1, -0.05) is 19.9 Å². The minimum Gasteiger partial charge on any atom is -0.497 e. The zero-order chi connectivity index (χ0) is 15.2. The molecule has 2 unspecified atom stereocenters. The fourth-order valence-corrected chi connectivity index (χ4v) is 2.80. The van der Waals surface area contributed by atoms with Crippen molar-refractivity contribution in [2.75, 3.05) is 32.1 Å². The topological polar surface area (TPSA) is 53.6 Å². The highest BCUT2D eigenvalue weighted by Gasteiger charge is 2.27. The van der Waals surface area contributed by atoms with Crippen molar-refractivity contribution in [3.05, 3.63) is 24.3 Å².